The number of piperidine rings is 1. The third kappa shape index (κ3) is 4.11. The second-order valence-electron chi connectivity index (χ2n) is 5.82. The van der Waals surface area contributed by atoms with E-state index in [-0.39, 0.29) is 11.9 Å². The van der Waals surface area contributed by atoms with Crippen molar-refractivity contribution in [2.24, 2.45) is 5.92 Å². The number of likely N-dealkylation sites (tertiary alicyclic amines) is 1. The summed E-state index contributed by atoms with van der Waals surface area (Å²) >= 11 is 6.10. The van der Waals surface area contributed by atoms with Crippen LogP contribution in [-0.4, -0.2) is 29.9 Å². The number of hydrogen-bond donors (Lipinski definition) is 2. The Hall–Kier alpha value is -1.26. The largest absolute Gasteiger partial charge is 0.399 e. The van der Waals surface area contributed by atoms with Crippen molar-refractivity contribution in [2.75, 3.05) is 24.1 Å². The molecule has 0 spiro atoms. The number of amides is 1. The lowest BCUT2D eigenvalue weighted by atomic mass is 9.94. The molecule has 4 nitrogen and oxygen atoms in total. The summed E-state index contributed by atoms with van der Waals surface area (Å²) < 4.78 is 0. The Morgan fingerprint density at radius 2 is 2.33 bits per heavy atom. The molecule has 0 aliphatic carbocycles. The zero-order chi connectivity index (χ0) is 15.4. The van der Waals surface area contributed by atoms with Gasteiger partial charge in [0.25, 0.3) is 0 Å². The Morgan fingerprint density at radius 3 is 3.00 bits per heavy atom. The van der Waals surface area contributed by atoms with Crippen LogP contribution in [0.5, 0.6) is 0 Å². The topological polar surface area (TPSA) is 58.4 Å². The van der Waals surface area contributed by atoms with Gasteiger partial charge >= 0.3 is 0 Å². The molecule has 1 amide bonds. The number of anilines is 2. The quantitative estimate of drug-likeness (QED) is 0.838. The minimum atomic E-state index is -0.145. The van der Waals surface area contributed by atoms with E-state index < -0.39 is 0 Å². The van der Waals surface area contributed by atoms with Crippen molar-refractivity contribution in [3.63, 3.8) is 0 Å². The van der Waals surface area contributed by atoms with Crippen LogP contribution in [0.2, 0.25) is 5.02 Å². The molecule has 0 radical (unpaired) electrons. The molecule has 1 aliphatic rings. The number of carbonyl (C=O) groups excluding carboxylic acids is 1. The second-order valence-corrected chi connectivity index (χ2v) is 6.22. The summed E-state index contributed by atoms with van der Waals surface area (Å²) in [6.07, 6.45) is 3.61. The van der Waals surface area contributed by atoms with Gasteiger partial charge in [0.05, 0.1) is 16.8 Å². The van der Waals surface area contributed by atoms with E-state index in [2.05, 4.69) is 17.1 Å². The lowest BCUT2D eigenvalue weighted by molar-refractivity contribution is -0.121. The number of nitrogen functional groups attached to an aromatic ring is 1. The molecule has 1 saturated heterocycles. The fourth-order valence-electron chi connectivity index (χ4n) is 2.82. The first kappa shape index (κ1) is 16.1. The standard InChI is InChI=1S/C16H24ClN3O/c1-3-12-5-4-8-20(10-12)11(2)16(21)19-15-7-6-13(18)9-14(15)17/h6-7,9,11-12H,3-5,8,10,18H2,1-2H3,(H,19,21). The molecule has 1 aromatic carbocycles. The van der Waals surface area contributed by atoms with Crippen LogP contribution >= 0.6 is 11.6 Å². The molecule has 21 heavy (non-hydrogen) atoms. The highest BCUT2D eigenvalue weighted by atomic mass is 35.5. The number of benzene rings is 1. The molecular formula is C16H24ClN3O. The van der Waals surface area contributed by atoms with Crippen LogP contribution in [-0.2, 0) is 4.79 Å². The van der Waals surface area contributed by atoms with Gasteiger partial charge in [-0.05, 0) is 50.4 Å². The van der Waals surface area contributed by atoms with Crippen LogP contribution in [0.15, 0.2) is 18.2 Å². The fraction of sp³-hybridized carbons (Fsp3) is 0.562. The van der Waals surface area contributed by atoms with Crippen molar-refractivity contribution in [3.05, 3.63) is 23.2 Å². The highest BCUT2D eigenvalue weighted by Gasteiger charge is 2.26. The minimum Gasteiger partial charge on any atom is -0.399 e. The molecule has 0 saturated carbocycles. The van der Waals surface area contributed by atoms with Crippen LogP contribution in [0.3, 0.4) is 0 Å². The van der Waals surface area contributed by atoms with Gasteiger partial charge in [-0.2, -0.15) is 0 Å². The molecule has 2 unspecified atom stereocenters. The summed E-state index contributed by atoms with van der Waals surface area (Å²) in [7, 11) is 0. The molecule has 1 fully saturated rings. The maximum atomic E-state index is 12.4. The number of halogens is 1. The minimum absolute atomic E-state index is 0.0153. The lowest BCUT2D eigenvalue weighted by Crippen LogP contribution is -2.47. The zero-order valence-electron chi connectivity index (χ0n) is 12.7. The molecule has 1 aliphatic heterocycles. The molecule has 116 valence electrons. The van der Waals surface area contributed by atoms with Crippen LogP contribution in [0.25, 0.3) is 0 Å². The molecule has 3 N–H and O–H groups in total. The van der Waals surface area contributed by atoms with E-state index in [1.54, 1.807) is 18.2 Å². The first-order valence-electron chi connectivity index (χ1n) is 7.61. The Morgan fingerprint density at radius 1 is 1.57 bits per heavy atom. The number of nitrogens with one attached hydrogen (secondary N) is 1. The molecule has 0 bridgehead atoms. The Kier molecular flexibility index (Phi) is 5.48. The highest BCUT2D eigenvalue weighted by molar-refractivity contribution is 6.34. The zero-order valence-corrected chi connectivity index (χ0v) is 13.5. The SMILES string of the molecule is CCC1CCCN(C(C)C(=O)Nc2ccc(N)cc2Cl)C1. The van der Waals surface area contributed by atoms with Crippen LogP contribution < -0.4 is 11.1 Å². The first-order valence-corrected chi connectivity index (χ1v) is 7.99. The van der Waals surface area contributed by atoms with Gasteiger partial charge in [0.1, 0.15) is 0 Å². The molecular weight excluding hydrogens is 286 g/mol. The van der Waals surface area contributed by atoms with Crippen molar-refractivity contribution in [1.29, 1.82) is 0 Å². The Labute approximate surface area is 131 Å². The van der Waals surface area contributed by atoms with Crippen LogP contribution in [0.4, 0.5) is 11.4 Å². The van der Waals surface area contributed by atoms with E-state index in [0.717, 1.165) is 13.1 Å². The van der Waals surface area contributed by atoms with Crippen LogP contribution in [0, 0.1) is 5.92 Å². The fourth-order valence-corrected chi connectivity index (χ4v) is 3.05. The number of rotatable bonds is 4. The molecule has 1 heterocycles. The number of hydrogen-bond acceptors (Lipinski definition) is 3. The smallest absolute Gasteiger partial charge is 0.241 e. The van der Waals surface area contributed by atoms with Gasteiger partial charge in [-0.1, -0.05) is 24.9 Å². The molecule has 2 rings (SSSR count). The van der Waals surface area contributed by atoms with E-state index in [4.69, 9.17) is 17.3 Å². The molecule has 2 atom stereocenters. The average molecular weight is 310 g/mol. The number of nitrogens with two attached hydrogens (primary N) is 1. The van der Waals surface area contributed by atoms with Crippen molar-refractivity contribution in [2.45, 2.75) is 39.2 Å². The Bertz CT molecular complexity index is 506. The maximum absolute atomic E-state index is 12.4. The number of carbonyl (C=O) groups is 1. The first-order chi connectivity index (χ1) is 10.0. The van der Waals surface area contributed by atoms with E-state index in [9.17, 15) is 4.79 Å². The third-order valence-electron chi connectivity index (χ3n) is 4.31. The van der Waals surface area contributed by atoms with Crippen molar-refractivity contribution < 1.29 is 4.79 Å². The van der Waals surface area contributed by atoms with E-state index in [0.29, 0.717) is 22.3 Å². The molecule has 1 aromatic rings. The number of nitrogens with zero attached hydrogens (tertiary/aromatic N) is 1. The summed E-state index contributed by atoms with van der Waals surface area (Å²) in [6, 6.07) is 4.98. The third-order valence-corrected chi connectivity index (χ3v) is 4.62. The average Bonchev–Trinajstić information content (AvgIpc) is 2.49. The van der Waals surface area contributed by atoms with Gasteiger partial charge in [0.2, 0.25) is 5.91 Å². The molecule has 5 heteroatoms. The van der Waals surface area contributed by atoms with E-state index in [1.807, 2.05) is 6.92 Å². The van der Waals surface area contributed by atoms with E-state index in [1.165, 1.54) is 19.3 Å². The summed E-state index contributed by atoms with van der Waals surface area (Å²) in [5, 5.41) is 3.37. The van der Waals surface area contributed by atoms with Gasteiger partial charge < -0.3 is 11.1 Å². The van der Waals surface area contributed by atoms with E-state index >= 15 is 0 Å². The summed E-state index contributed by atoms with van der Waals surface area (Å²) in [6.45, 7) is 6.16. The lowest BCUT2D eigenvalue weighted by Gasteiger charge is -2.35. The monoisotopic (exact) mass is 309 g/mol. The summed E-state index contributed by atoms with van der Waals surface area (Å²) in [4.78, 5) is 14.7. The summed E-state index contributed by atoms with van der Waals surface area (Å²) in [5.74, 6) is 0.688. The van der Waals surface area contributed by atoms with Crippen molar-refractivity contribution in [1.82, 2.24) is 4.90 Å². The van der Waals surface area contributed by atoms with Crippen LogP contribution in [0.1, 0.15) is 33.1 Å². The predicted octanol–water partition coefficient (Wildman–Crippen LogP) is 3.37. The second kappa shape index (κ2) is 7.14. The molecule has 0 aromatic heterocycles. The van der Waals surface area contributed by atoms with Gasteiger partial charge in [0.15, 0.2) is 0 Å². The normalized spacial score (nSPS) is 21.0. The van der Waals surface area contributed by atoms with Crippen molar-refractivity contribution in [3.8, 4) is 0 Å². The van der Waals surface area contributed by atoms with Gasteiger partial charge in [-0.25, -0.2) is 0 Å². The Balaban J connectivity index is 1.99. The van der Waals surface area contributed by atoms with Gasteiger partial charge in [0, 0.05) is 12.2 Å². The highest BCUT2D eigenvalue weighted by Crippen LogP contribution is 2.25. The predicted molar refractivity (Wildman–Crippen MR) is 88.5 cm³/mol. The maximum Gasteiger partial charge on any atom is 0.241 e. The van der Waals surface area contributed by atoms with Gasteiger partial charge in [-0.15, -0.1) is 0 Å². The van der Waals surface area contributed by atoms with Gasteiger partial charge in [-0.3, -0.25) is 9.69 Å². The van der Waals surface area contributed by atoms with Crippen molar-refractivity contribution >= 4 is 28.9 Å². The summed E-state index contributed by atoms with van der Waals surface area (Å²) in [5.41, 5.74) is 6.87.